The Labute approximate surface area is 125 Å². The fourth-order valence-electron chi connectivity index (χ4n) is 2.68. The predicted octanol–water partition coefficient (Wildman–Crippen LogP) is 1.80. The molecule has 0 aliphatic carbocycles. The summed E-state index contributed by atoms with van der Waals surface area (Å²) < 4.78 is 17.8. The summed E-state index contributed by atoms with van der Waals surface area (Å²) in [6.07, 6.45) is 1.95. The van der Waals surface area contributed by atoms with E-state index in [4.69, 9.17) is 4.74 Å². The molecule has 1 aromatic carbocycles. The number of carbonyl (C=O) groups is 1. The maximum atomic E-state index is 12.9. The molecule has 116 valence electrons. The van der Waals surface area contributed by atoms with Gasteiger partial charge in [0.15, 0.2) is 0 Å². The normalized spacial score (nSPS) is 19.4. The minimum absolute atomic E-state index is 0.0380. The number of nitrogens with one attached hydrogen (secondary N) is 1. The van der Waals surface area contributed by atoms with Crippen LogP contribution < -0.4 is 5.32 Å². The molecule has 0 aromatic heterocycles. The van der Waals surface area contributed by atoms with Crippen molar-refractivity contribution in [2.75, 3.05) is 33.4 Å². The van der Waals surface area contributed by atoms with E-state index in [1.165, 1.54) is 12.1 Å². The van der Waals surface area contributed by atoms with E-state index in [1.54, 1.807) is 19.2 Å². The van der Waals surface area contributed by atoms with E-state index in [0.29, 0.717) is 13.2 Å². The molecule has 21 heavy (non-hydrogen) atoms. The van der Waals surface area contributed by atoms with Gasteiger partial charge in [0, 0.05) is 26.7 Å². The van der Waals surface area contributed by atoms with Crippen LogP contribution in [0.15, 0.2) is 24.3 Å². The number of amides is 1. The number of piperidine rings is 1. The molecular weight excluding hydrogens is 271 g/mol. The Morgan fingerprint density at radius 2 is 2.19 bits per heavy atom. The number of halogens is 1. The van der Waals surface area contributed by atoms with Crippen LogP contribution in [0.1, 0.15) is 18.4 Å². The van der Waals surface area contributed by atoms with E-state index in [0.717, 1.165) is 38.0 Å². The molecular formula is C16H23FN2O2. The molecule has 0 spiro atoms. The highest BCUT2D eigenvalue weighted by Crippen LogP contribution is 2.19. The predicted molar refractivity (Wildman–Crippen MR) is 79.3 cm³/mol. The van der Waals surface area contributed by atoms with Crippen LogP contribution in [-0.2, 0) is 16.1 Å². The van der Waals surface area contributed by atoms with Crippen molar-refractivity contribution < 1.29 is 13.9 Å². The third kappa shape index (κ3) is 5.10. The van der Waals surface area contributed by atoms with Gasteiger partial charge >= 0.3 is 0 Å². The summed E-state index contributed by atoms with van der Waals surface area (Å²) >= 11 is 0. The fraction of sp³-hybridized carbons (Fsp3) is 0.562. The minimum Gasteiger partial charge on any atom is -0.383 e. The average molecular weight is 294 g/mol. The lowest BCUT2D eigenvalue weighted by Gasteiger charge is -2.32. The molecule has 1 fully saturated rings. The highest BCUT2D eigenvalue weighted by atomic mass is 19.1. The van der Waals surface area contributed by atoms with Gasteiger partial charge in [-0.2, -0.15) is 0 Å². The van der Waals surface area contributed by atoms with Gasteiger partial charge in [-0.25, -0.2) is 4.39 Å². The van der Waals surface area contributed by atoms with Crippen molar-refractivity contribution in [1.29, 1.82) is 0 Å². The van der Waals surface area contributed by atoms with E-state index in [-0.39, 0.29) is 17.6 Å². The number of hydrogen-bond donors (Lipinski definition) is 1. The molecule has 2 rings (SSSR count). The third-order valence-electron chi connectivity index (χ3n) is 3.80. The quantitative estimate of drug-likeness (QED) is 0.814. The number of likely N-dealkylation sites (tertiary alicyclic amines) is 1. The number of ether oxygens (including phenoxy) is 1. The van der Waals surface area contributed by atoms with Gasteiger partial charge in [-0.15, -0.1) is 0 Å². The second-order valence-corrected chi connectivity index (χ2v) is 5.48. The average Bonchev–Trinajstić information content (AvgIpc) is 2.50. The molecule has 4 nitrogen and oxygen atoms in total. The highest BCUT2D eigenvalue weighted by molar-refractivity contribution is 5.78. The molecule has 0 saturated carbocycles. The molecule has 1 aliphatic rings. The third-order valence-corrected chi connectivity index (χ3v) is 3.80. The first-order valence-electron chi connectivity index (χ1n) is 7.42. The van der Waals surface area contributed by atoms with Crippen molar-refractivity contribution in [3.8, 4) is 0 Å². The van der Waals surface area contributed by atoms with E-state index in [2.05, 4.69) is 10.2 Å². The number of carbonyl (C=O) groups excluding carboxylic acids is 1. The monoisotopic (exact) mass is 294 g/mol. The number of hydrogen-bond acceptors (Lipinski definition) is 3. The van der Waals surface area contributed by atoms with Crippen molar-refractivity contribution >= 4 is 5.91 Å². The fourth-order valence-corrected chi connectivity index (χ4v) is 2.68. The number of benzene rings is 1. The topological polar surface area (TPSA) is 41.6 Å². The van der Waals surface area contributed by atoms with Gasteiger partial charge in [-0.3, -0.25) is 9.69 Å². The Kier molecular flexibility index (Phi) is 6.14. The van der Waals surface area contributed by atoms with Crippen LogP contribution in [0.25, 0.3) is 0 Å². The van der Waals surface area contributed by atoms with Gasteiger partial charge < -0.3 is 10.1 Å². The summed E-state index contributed by atoms with van der Waals surface area (Å²) in [6, 6.07) is 6.57. The summed E-state index contributed by atoms with van der Waals surface area (Å²) in [7, 11) is 1.62. The lowest BCUT2D eigenvalue weighted by atomic mass is 9.96. The van der Waals surface area contributed by atoms with Crippen LogP contribution in [-0.4, -0.2) is 44.2 Å². The van der Waals surface area contributed by atoms with E-state index in [1.807, 2.05) is 0 Å². The Bertz CT molecular complexity index is 450. The first kappa shape index (κ1) is 15.9. The van der Waals surface area contributed by atoms with Gasteiger partial charge in [0.2, 0.25) is 5.91 Å². The van der Waals surface area contributed by atoms with E-state index in [9.17, 15) is 9.18 Å². The van der Waals surface area contributed by atoms with Crippen molar-refractivity contribution in [3.05, 3.63) is 35.6 Å². The maximum Gasteiger partial charge on any atom is 0.224 e. The molecule has 1 unspecified atom stereocenters. The molecule has 0 radical (unpaired) electrons. The van der Waals surface area contributed by atoms with Gasteiger partial charge in [0.25, 0.3) is 0 Å². The van der Waals surface area contributed by atoms with Crippen LogP contribution in [0.5, 0.6) is 0 Å². The number of methoxy groups -OCH3 is 1. The first-order chi connectivity index (χ1) is 10.2. The molecule has 1 aromatic rings. The molecule has 0 bridgehead atoms. The lowest BCUT2D eigenvalue weighted by Crippen LogP contribution is -2.43. The standard InChI is InChI=1S/C16H23FN2O2/c1-21-10-8-18-16(20)14-3-2-9-19(12-14)11-13-4-6-15(17)7-5-13/h4-7,14H,2-3,8-12H2,1H3,(H,18,20). The Hall–Kier alpha value is -1.46. The van der Waals surface area contributed by atoms with Crippen molar-refractivity contribution in [2.24, 2.45) is 5.92 Å². The van der Waals surface area contributed by atoms with Crippen LogP contribution in [0.4, 0.5) is 4.39 Å². The second-order valence-electron chi connectivity index (χ2n) is 5.48. The summed E-state index contributed by atoms with van der Waals surface area (Å²) in [5.74, 6) is -0.0697. The van der Waals surface area contributed by atoms with E-state index >= 15 is 0 Å². The van der Waals surface area contributed by atoms with E-state index < -0.39 is 0 Å². The van der Waals surface area contributed by atoms with Crippen molar-refractivity contribution in [1.82, 2.24) is 10.2 Å². The molecule has 1 atom stereocenters. The van der Waals surface area contributed by atoms with Gasteiger partial charge in [-0.05, 0) is 37.1 Å². The van der Waals surface area contributed by atoms with Crippen molar-refractivity contribution in [2.45, 2.75) is 19.4 Å². The summed E-state index contributed by atoms with van der Waals surface area (Å²) in [6.45, 7) is 3.61. The van der Waals surface area contributed by atoms with Gasteiger partial charge in [0.1, 0.15) is 5.82 Å². The van der Waals surface area contributed by atoms with Crippen LogP contribution in [0, 0.1) is 11.7 Å². The maximum absolute atomic E-state index is 12.9. The number of rotatable bonds is 6. The SMILES string of the molecule is COCCNC(=O)C1CCCN(Cc2ccc(F)cc2)C1. The van der Waals surface area contributed by atoms with Crippen molar-refractivity contribution in [3.63, 3.8) is 0 Å². The largest absolute Gasteiger partial charge is 0.383 e. The molecule has 1 saturated heterocycles. The lowest BCUT2D eigenvalue weighted by molar-refractivity contribution is -0.127. The van der Waals surface area contributed by atoms with Gasteiger partial charge in [0.05, 0.1) is 12.5 Å². The molecule has 5 heteroatoms. The molecule has 1 amide bonds. The zero-order valence-corrected chi connectivity index (χ0v) is 12.5. The van der Waals surface area contributed by atoms with Gasteiger partial charge in [-0.1, -0.05) is 12.1 Å². The molecule has 1 N–H and O–H groups in total. The summed E-state index contributed by atoms with van der Waals surface area (Å²) in [4.78, 5) is 14.3. The first-order valence-corrected chi connectivity index (χ1v) is 7.42. The molecule has 1 aliphatic heterocycles. The Balaban J connectivity index is 1.82. The van der Waals surface area contributed by atoms with Crippen LogP contribution in [0.2, 0.25) is 0 Å². The minimum atomic E-state index is -0.215. The summed E-state index contributed by atoms with van der Waals surface area (Å²) in [5.41, 5.74) is 1.08. The Morgan fingerprint density at radius 1 is 1.43 bits per heavy atom. The second kappa shape index (κ2) is 8.10. The van der Waals surface area contributed by atoms with Crippen LogP contribution >= 0.6 is 0 Å². The molecule has 1 heterocycles. The zero-order valence-electron chi connectivity index (χ0n) is 12.5. The Morgan fingerprint density at radius 3 is 2.90 bits per heavy atom. The highest BCUT2D eigenvalue weighted by Gasteiger charge is 2.25. The smallest absolute Gasteiger partial charge is 0.224 e. The number of nitrogens with zero attached hydrogens (tertiary/aromatic N) is 1. The summed E-state index contributed by atoms with van der Waals surface area (Å²) in [5, 5.41) is 2.90. The zero-order chi connectivity index (χ0) is 15.1. The van der Waals surface area contributed by atoms with Crippen LogP contribution in [0.3, 0.4) is 0 Å².